The monoisotopic (exact) mass is 481 g/mol. The van der Waals surface area contributed by atoms with Crippen molar-refractivity contribution >= 4 is 44.2 Å². The molecule has 2 heterocycles. The van der Waals surface area contributed by atoms with E-state index in [2.05, 4.69) is 0 Å². The molecule has 0 saturated carbocycles. The molecule has 0 radical (unpaired) electrons. The van der Waals surface area contributed by atoms with E-state index in [0.717, 1.165) is 22.1 Å². The fourth-order valence-corrected chi connectivity index (χ4v) is 6.15. The molecule has 1 aromatic heterocycles. The third-order valence-electron chi connectivity index (χ3n) is 5.90. The van der Waals surface area contributed by atoms with Gasteiger partial charge in [0.1, 0.15) is 17.0 Å². The van der Waals surface area contributed by atoms with Crippen LogP contribution in [0.2, 0.25) is 10.0 Å². The zero-order valence-electron chi connectivity index (χ0n) is 17.2. The molecule has 1 aliphatic heterocycles. The van der Waals surface area contributed by atoms with E-state index < -0.39 is 10.0 Å². The topological polar surface area (TPSA) is 72.0 Å². The second kappa shape index (κ2) is 8.56. The second-order valence-electron chi connectivity index (χ2n) is 7.88. The summed E-state index contributed by atoms with van der Waals surface area (Å²) in [6.07, 6.45) is 0. The van der Waals surface area contributed by atoms with Gasteiger partial charge in [0.2, 0.25) is 10.0 Å². The number of hydrogen-bond donors (Lipinski definition) is 1. The number of hydrogen-bond acceptors (Lipinski definition) is 4. The smallest absolute Gasteiger partial charge is 0.336 e. The minimum absolute atomic E-state index is 0.0302. The van der Waals surface area contributed by atoms with Crippen molar-refractivity contribution < 1.29 is 17.7 Å². The summed E-state index contributed by atoms with van der Waals surface area (Å²) in [5, 5.41) is 1.41. The zero-order valence-corrected chi connectivity index (χ0v) is 19.6. The van der Waals surface area contributed by atoms with Crippen molar-refractivity contribution in [2.45, 2.75) is 25.3 Å². The van der Waals surface area contributed by atoms with Crippen LogP contribution in [-0.4, -0.2) is 38.9 Å². The van der Waals surface area contributed by atoms with E-state index in [0.29, 0.717) is 43.3 Å². The number of piperazine rings is 1. The normalized spacial score (nSPS) is 16.1. The lowest BCUT2D eigenvalue weighted by Gasteiger charge is -2.31. The van der Waals surface area contributed by atoms with E-state index in [1.165, 1.54) is 21.3 Å². The highest BCUT2D eigenvalue weighted by Crippen LogP contribution is 2.28. The van der Waals surface area contributed by atoms with Crippen molar-refractivity contribution in [2.75, 3.05) is 26.2 Å². The molecule has 1 N–H and O–H groups in total. The van der Waals surface area contributed by atoms with Gasteiger partial charge in [0.25, 0.3) is 0 Å². The van der Waals surface area contributed by atoms with Crippen LogP contribution in [0, 0.1) is 13.8 Å². The van der Waals surface area contributed by atoms with Gasteiger partial charge in [-0.25, -0.2) is 13.2 Å². The summed E-state index contributed by atoms with van der Waals surface area (Å²) in [7, 11) is -3.72. The van der Waals surface area contributed by atoms with Gasteiger partial charge in [-0.3, -0.25) is 0 Å². The Morgan fingerprint density at radius 3 is 2.48 bits per heavy atom. The Morgan fingerprint density at radius 1 is 1.06 bits per heavy atom. The fourth-order valence-electron chi connectivity index (χ4n) is 3.97. The summed E-state index contributed by atoms with van der Waals surface area (Å²) in [5.74, 6) is 0. The molecule has 4 rings (SSSR count). The number of halogens is 2. The first-order valence-electron chi connectivity index (χ1n) is 9.98. The van der Waals surface area contributed by atoms with Gasteiger partial charge in [-0.15, -0.1) is 0 Å². The SMILES string of the molecule is Cc1ccc2c(C[NH+]3CCN(S(=O)(=O)c4cc(Cl)ccc4Cl)CC3)cc(=O)oc2c1C. The molecule has 0 aliphatic carbocycles. The molecule has 6 nitrogen and oxygen atoms in total. The van der Waals surface area contributed by atoms with Gasteiger partial charge < -0.3 is 9.32 Å². The summed E-state index contributed by atoms with van der Waals surface area (Å²) in [5.41, 5.74) is 3.20. The molecule has 0 spiro atoms. The van der Waals surface area contributed by atoms with Gasteiger partial charge in [0.15, 0.2) is 0 Å². The van der Waals surface area contributed by atoms with Crippen LogP contribution in [-0.2, 0) is 16.6 Å². The van der Waals surface area contributed by atoms with Crippen molar-refractivity contribution in [1.29, 1.82) is 0 Å². The number of nitrogens with one attached hydrogen (secondary N) is 1. The first kappa shape index (κ1) is 22.3. The molecule has 164 valence electrons. The highest BCUT2D eigenvalue weighted by Gasteiger charge is 2.32. The van der Waals surface area contributed by atoms with Gasteiger partial charge in [-0.05, 0) is 43.2 Å². The fraction of sp³-hybridized carbons (Fsp3) is 0.318. The van der Waals surface area contributed by atoms with Crippen molar-refractivity contribution in [3.8, 4) is 0 Å². The number of quaternary nitrogens is 1. The number of nitrogens with zero attached hydrogens (tertiary/aromatic N) is 1. The molecule has 1 aliphatic rings. The van der Waals surface area contributed by atoms with E-state index in [9.17, 15) is 13.2 Å². The maximum absolute atomic E-state index is 13.0. The van der Waals surface area contributed by atoms with Gasteiger partial charge in [-0.2, -0.15) is 4.31 Å². The van der Waals surface area contributed by atoms with Crippen molar-refractivity contribution in [3.05, 3.63) is 73.6 Å². The molecule has 9 heteroatoms. The van der Waals surface area contributed by atoms with Crippen LogP contribution in [0.5, 0.6) is 0 Å². The minimum atomic E-state index is -3.72. The van der Waals surface area contributed by atoms with Crippen LogP contribution in [0.15, 0.2) is 50.5 Å². The number of rotatable bonds is 4. The zero-order chi connectivity index (χ0) is 22.3. The van der Waals surface area contributed by atoms with E-state index in [4.69, 9.17) is 27.6 Å². The second-order valence-corrected chi connectivity index (χ2v) is 10.6. The molecule has 2 aromatic carbocycles. The minimum Gasteiger partial charge on any atom is -0.422 e. The van der Waals surface area contributed by atoms with Crippen molar-refractivity contribution in [1.82, 2.24) is 4.31 Å². The first-order chi connectivity index (χ1) is 14.7. The maximum Gasteiger partial charge on any atom is 0.336 e. The van der Waals surface area contributed by atoms with Gasteiger partial charge in [0.05, 0.1) is 31.2 Å². The number of sulfonamides is 1. The molecule has 3 aromatic rings. The van der Waals surface area contributed by atoms with Crippen molar-refractivity contribution in [3.63, 3.8) is 0 Å². The molecule has 31 heavy (non-hydrogen) atoms. The highest BCUT2D eigenvalue weighted by atomic mass is 35.5. The Bertz CT molecular complexity index is 1310. The highest BCUT2D eigenvalue weighted by molar-refractivity contribution is 7.89. The van der Waals surface area contributed by atoms with E-state index >= 15 is 0 Å². The van der Waals surface area contributed by atoms with E-state index in [1.54, 1.807) is 12.1 Å². The Labute approximate surface area is 191 Å². The van der Waals surface area contributed by atoms with Crippen LogP contribution in [0.3, 0.4) is 0 Å². The Hall–Kier alpha value is -1.90. The summed E-state index contributed by atoms with van der Waals surface area (Å²) in [6, 6.07) is 9.99. The Morgan fingerprint density at radius 2 is 1.77 bits per heavy atom. The van der Waals surface area contributed by atoms with E-state index in [-0.39, 0.29) is 15.5 Å². The predicted octanol–water partition coefficient (Wildman–Crippen LogP) is 2.81. The van der Waals surface area contributed by atoms with E-state index in [1.807, 2.05) is 26.0 Å². The standard InChI is InChI=1S/C22H22Cl2N2O4S/c1-14-3-5-18-16(11-21(27)30-22(18)15(14)2)13-25-7-9-26(10-8-25)31(28,29)20-12-17(23)4-6-19(20)24/h3-6,11-12H,7-10,13H2,1-2H3/p+1. The van der Waals surface area contributed by atoms with Crippen molar-refractivity contribution in [2.24, 2.45) is 0 Å². The summed E-state index contributed by atoms with van der Waals surface area (Å²) in [4.78, 5) is 13.4. The average Bonchev–Trinajstić information content (AvgIpc) is 2.73. The van der Waals surface area contributed by atoms with Gasteiger partial charge in [-0.1, -0.05) is 35.3 Å². The molecule has 1 fully saturated rings. The van der Waals surface area contributed by atoms with Crippen LogP contribution in [0.4, 0.5) is 0 Å². The molecular weight excluding hydrogens is 459 g/mol. The molecule has 0 amide bonds. The predicted molar refractivity (Wildman–Crippen MR) is 122 cm³/mol. The molecule has 1 saturated heterocycles. The largest absolute Gasteiger partial charge is 0.422 e. The lowest BCUT2D eigenvalue weighted by Crippen LogP contribution is -3.13. The number of fused-ring (bicyclic) bond motifs is 1. The third-order valence-corrected chi connectivity index (χ3v) is 8.51. The third kappa shape index (κ3) is 4.38. The molecular formula is C22H23Cl2N2O4S+. The van der Waals surface area contributed by atoms with Gasteiger partial charge in [0, 0.05) is 22.0 Å². The van der Waals surface area contributed by atoms with Crippen LogP contribution < -0.4 is 10.5 Å². The molecule has 0 atom stereocenters. The summed E-state index contributed by atoms with van der Waals surface area (Å²) in [6.45, 7) is 6.50. The quantitative estimate of drug-likeness (QED) is 0.581. The average molecular weight is 482 g/mol. The van der Waals surface area contributed by atoms with Crippen LogP contribution in [0.1, 0.15) is 16.7 Å². The number of aryl methyl sites for hydroxylation is 2. The first-order valence-corrected chi connectivity index (χ1v) is 12.2. The summed E-state index contributed by atoms with van der Waals surface area (Å²) >= 11 is 12.1. The lowest BCUT2D eigenvalue weighted by atomic mass is 10.0. The maximum atomic E-state index is 13.0. The lowest BCUT2D eigenvalue weighted by molar-refractivity contribution is -0.917. The molecule has 0 bridgehead atoms. The Balaban J connectivity index is 1.53. The molecule has 0 unspecified atom stereocenters. The summed E-state index contributed by atoms with van der Waals surface area (Å²) < 4.78 is 33.0. The number of benzene rings is 2. The van der Waals surface area contributed by atoms with Crippen LogP contribution in [0.25, 0.3) is 11.0 Å². The van der Waals surface area contributed by atoms with Crippen LogP contribution >= 0.6 is 23.2 Å². The Kier molecular flexibility index (Phi) is 6.16. The van der Waals surface area contributed by atoms with Gasteiger partial charge >= 0.3 is 5.63 Å².